The van der Waals surface area contributed by atoms with Crippen molar-refractivity contribution in [1.82, 2.24) is 9.47 Å². The van der Waals surface area contributed by atoms with Crippen molar-refractivity contribution >= 4 is 35.7 Å². The zero-order valence-electron chi connectivity index (χ0n) is 17.6. The summed E-state index contributed by atoms with van der Waals surface area (Å²) in [6.45, 7) is 6.10. The summed E-state index contributed by atoms with van der Waals surface area (Å²) in [6, 6.07) is 29.9. The predicted molar refractivity (Wildman–Crippen MR) is 123 cm³/mol. The third-order valence-corrected chi connectivity index (χ3v) is 10.6. The second-order valence-corrected chi connectivity index (χ2v) is 11.6. The summed E-state index contributed by atoms with van der Waals surface area (Å²) in [5, 5.41) is 3.04. The Morgan fingerprint density at radius 3 is 1.37 bits per heavy atom. The number of carbonyl (C=O) groups excluding carboxylic acids is 2. The van der Waals surface area contributed by atoms with Crippen molar-refractivity contribution in [2.45, 2.75) is 26.3 Å². The zero-order chi connectivity index (χ0) is 21.4. The van der Waals surface area contributed by atoms with Gasteiger partial charge in [0.25, 0.3) is 8.24 Å². The first kappa shape index (κ1) is 20.1. The van der Waals surface area contributed by atoms with Crippen molar-refractivity contribution in [1.29, 1.82) is 0 Å². The van der Waals surface area contributed by atoms with Crippen LogP contribution in [0.1, 0.15) is 20.8 Å². The third kappa shape index (κ3) is 2.81. The van der Waals surface area contributed by atoms with Crippen LogP contribution in [0.25, 0.3) is 0 Å². The van der Waals surface area contributed by atoms with E-state index in [9.17, 15) is 9.59 Å². The minimum Gasteiger partial charge on any atom is -0.311 e. The van der Waals surface area contributed by atoms with E-state index < -0.39 is 13.8 Å². The molecular weight excluding hydrogens is 388 g/mol. The summed E-state index contributed by atoms with van der Waals surface area (Å²) in [5.74, 6) is -0.141. The molecule has 0 aliphatic carbocycles. The maximum absolute atomic E-state index is 13.9. The largest absolute Gasteiger partial charge is 0.320 e. The zero-order valence-corrected chi connectivity index (χ0v) is 18.6. The fraction of sp³-hybridized carbons (Fsp3) is 0.200. The Balaban J connectivity index is 2.12. The highest BCUT2D eigenvalue weighted by molar-refractivity contribution is 7.11. The highest BCUT2D eigenvalue weighted by Crippen LogP contribution is 2.31. The summed E-state index contributed by atoms with van der Waals surface area (Å²) in [7, 11) is -3.17. The van der Waals surface area contributed by atoms with Crippen LogP contribution in [0, 0.1) is 0 Å². The lowest BCUT2D eigenvalue weighted by Gasteiger charge is -2.39. The Bertz CT molecular complexity index is 956. The summed E-state index contributed by atoms with van der Waals surface area (Å²) in [6.07, 6.45) is 0. The van der Waals surface area contributed by atoms with Gasteiger partial charge in [-0.3, -0.25) is 9.36 Å². The number of imide groups is 1. The number of amides is 3. The minimum absolute atomic E-state index is 0.141. The van der Waals surface area contributed by atoms with E-state index in [0.29, 0.717) is 6.54 Å². The molecular formula is C25H26N2O2Si. The van der Waals surface area contributed by atoms with Gasteiger partial charge in [0.05, 0.1) is 0 Å². The van der Waals surface area contributed by atoms with Crippen molar-refractivity contribution in [2.24, 2.45) is 0 Å². The molecule has 1 saturated heterocycles. The van der Waals surface area contributed by atoms with E-state index >= 15 is 0 Å². The lowest BCUT2D eigenvalue weighted by atomic mass is 10.1. The van der Waals surface area contributed by atoms with Crippen LogP contribution < -0.4 is 15.6 Å². The maximum atomic E-state index is 13.9. The molecule has 3 aromatic carbocycles. The number of likely N-dealkylation sites (N-methyl/N-ethyl adjacent to an activating group) is 1. The third-order valence-electron chi connectivity index (χ3n) is 6.05. The lowest BCUT2D eigenvalue weighted by molar-refractivity contribution is -0.129. The van der Waals surface area contributed by atoms with Gasteiger partial charge in [0.1, 0.15) is 5.54 Å². The van der Waals surface area contributed by atoms with Gasteiger partial charge in [0.15, 0.2) is 0 Å². The van der Waals surface area contributed by atoms with Crippen LogP contribution in [0.5, 0.6) is 0 Å². The first-order valence-electron chi connectivity index (χ1n) is 10.3. The van der Waals surface area contributed by atoms with E-state index in [1.54, 1.807) is 9.47 Å². The van der Waals surface area contributed by atoms with Crippen molar-refractivity contribution in [3.8, 4) is 0 Å². The number of urea groups is 1. The first-order valence-corrected chi connectivity index (χ1v) is 12.2. The Morgan fingerprint density at radius 1 is 0.700 bits per heavy atom. The monoisotopic (exact) mass is 414 g/mol. The fourth-order valence-corrected chi connectivity index (χ4v) is 9.37. The molecule has 3 aromatic rings. The van der Waals surface area contributed by atoms with Crippen LogP contribution in [0.3, 0.4) is 0 Å². The standard InChI is InChI=1S/C25H26N2O2Si/c1-4-26-24(29)27(23(28)25(26,2)3)30(20-14-8-5-9-15-20,21-16-10-6-11-17-21)22-18-12-7-13-19-22/h5-19H,4H2,1-3H3. The predicted octanol–water partition coefficient (Wildman–Crippen LogP) is 2.72. The number of nitrogens with zero attached hydrogens (tertiary/aromatic N) is 2. The molecule has 0 bridgehead atoms. The number of hydrogen-bond acceptors (Lipinski definition) is 2. The van der Waals surface area contributed by atoms with Gasteiger partial charge in [-0.2, -0.15) is 0 Å². The van der Waals surface area contributed by atoms with Crippen LogP contribution >= 0.6 is 0 Å². The number of hydrogen-bond donors (Lipinski definition) is 0. The Hall–Kier alpha value is -3.18. The van der Waals surface area contributed by atoms with Crippen LogP contribution in [-0.2, 0) is 4.79 Å². The van der Waals surface area contributed by atoms with Crippen molar-refractivity contribution in [3.05, 3.63) is 91.0 Å². The molecule has 3 amide bonds. The van der Waals surface area contributed by atoms with Gasteiger partial charge >= 0.3 is 6.03 Å². The molecule has 0 aromatic heterocycles. The second kappa shape index (κ2) is 7.57. The Morgan fingerprint density at radius 2 is 1.07 bits per heavy atom. The molecule has 5 heteroatoms. The summed E-state index contributed by atoms with van der Waals surface area (Å²) in [4.78, 5) is 29.4. The fourth-order valence-electron chi connectivity index (χ4n) is 4.59. The normalized spacial score (nSPS) is 16.2. The van der Waals surface area contributed by atoms with Gasteiger partial charge < -0.3 is 4.90 Å². The summed E-state index contributed by atoms with van der Waals surface area (Å²) in [5.41, 5.74) is -0.886. The molecule has 4 nitrogen and oxygen atoms in total. The Labute approximate surface area is 178 Å². The molecule has 0 unspecified atom stereocenters. The highest BCUT2D eigenvalue weighted by atomic mass is 28.3. The average molecular weight is 415 g/mol. The van der Waals surface area contributed by atoms with Crippen molar-refractivity contribution < 1.29 is 9.59 Å². The van der Waals surface area contributed by atoms with Crippen LogP contribution in [-0.4, -0.2) is 41.7 Å². The minimum atomic E-state index is -3.17. The molecule has 1 aliphatic rings. The smallest absolute Gasteiger partial charge is 0.311 e. The SMILES string of the molecule is CCN1C(=O)N([Si](c2ccccc2)(c2ccccc2)c2ccccc2)C(=O)C1(C)C. The lowest BCUT2D eigenvalue weighted by Crippen LogP contribution is -2.78. The van der Waals surface area contributed by atoms with Crippen molar-refractivity contribution in [2.75, 3.05) is 6.54 Å². The number of carbonyl (C=O) groups is 2. The van der Waals surface area contributed by atoms with E-state index in [-0.39, 0.29) is 11.9 Å². The molecule has 1 heterocycles. The van der Waals surface area contributed by atoms with Gasteiger partial charge in [-0.25, -0.2) is 4.79 Å². The van der Waals surface area contributed by atoms with Crippen LogP contribution in [0.2, 0.25) is 0 Å². The molecule has 0 radical (unpaired) electrons. The second-order valence-electron chi connectivity index (χ2n) is 8.03. The molecule has 0 N–H and O–H groups in total. The first-order chi connectivity index (χ1) is 14.5. The number of benzene rings is 3. The van der Waals surface area contributed by atoms with E-state index in [1.807, 2.05) is 112 Å². The van der Waals surface area contributed by atoms with Gasteiger partial charge in [0, 0.05) is 6.54 Å². The van der Waals surface area contributed by atoms with E-state index in [1.165, 1.54) is 0 Å². The maximum Gasteiger partial charge on any atom is 0.320 e. The van der Waals surface area contributed by atoms with Crippen LogP contribution in [0.15, 0.2) is 91.0 Å². The van der Waals surface area contributed by atoms with E-state index in [0.717, 1.165) is 15.6 Å². The molecule has 4 rings (SSSR count). The van der Waals surface area contributed by atoms with Crippen molar-refractivity contribution in [3.63, 3.8) is 0 Å². The molecule has 0 atom stereocenters. The molecule has 0 saturated carbocycles. The van der Waals surface area contributed by atoms with E-state index in [4.69, 9.17) is 0 Å². The summed E-state index contributed by atoms with van der Waals surface area (Å²) >= 11 is 0. The molecule has 0 spiro atoms. The van der Waals surface area contributed by atoms with E-state index in [2.05, 4.69) is 0 Å². The molecule has 1 fully saturated rings. The average Bonchev–Trinajstić information content (AvgIpc) is 2.95. The van der Waals surface area contributed by atoms with Crippen LogP contribution in [0.4, 0.5) is 4.79 Å². The molecule has 1 aliphatic heterocycles. The summed E-state index contributed by atoms with van der Waals surface area (Å²) < 4.78 is 1.61. The van der Waals surface area contributed by atoms with Gasteiger partial charge in [-0.1, -0.05) is 91.0 Å². The van der Waals surface area contributed by atoms with Gasteiger partial charge in [0.2, 0.25) is 5.91 Å². The highest BCUT2D eigenvalue weighted by Gasteiger charge is 2.61. The Kier molecular flexibility index (Phi) is 5.08. The quantitative estimate of drug-likeness (QED) is 0.366. The van der Waals surface area contributed by atoms with Gasteiger partial charge in [-0.05, 0) is 36.3 Å². The number of rotatable bonds is 5. The topological polar surface area (TPSA) is 40.6 Å². The molecule has 152 valence electrons. The molecule has 30 heavy (non-hydrogen) atoms. The van der Waals surface area contributed by atoms with Gasteiger partial charge in [-0.15, -0.1) is 0 Å².